The summed E-state index contributed by atoms with van der Waals surface area (Å²) < 4.78 is 11.3. The second-order valence-electron chi connectivity index (χ2n) is 3.99. The van der Waals surface area contributed by atoms with Crippen LogP contribution in [0.2, 0.25) is 0 Å². The lowest BCUT2D eigenvalue weighted by Gasteiger charge is -2.46. The molecule has 0 amide bonds. The van der Waals surface area contributed by atoms with E-state index in [9.17, 15) is 0 Å². The molecule has 0 radical (unpaired) electrons. The van der Waals surface area contributed by atoms with Crippen LogP contribution in [-0.4, -0.2) is 50.0 Å². The predicted octanol–water partition coefficient (Wildman–Crippen LogP) is 0.887. The van der Waals surface area contributed by atoms with Crippen LogP contribution in [0.5, 0.6) is 0 Å². The van der Waals surface area contributed by atoms with Gasteiger partial charge in [-0.3, -0.25) is 0 Å². The average molecular weight is 217 g/mol. The van der Waals surface area contributed by atoms with Crippen molar-refractivity contribution in [3.05, 3.63) is 0 Å². The van der Waals surface area contributed by atoms with Crippen molar-refractivity contribution in [1.29, 1.82) is 0 Å². The lowest BCUT2D eigenvalue weighted by Crippen LogP contribution is -2.61. The van der Waals surface area contributed by atoms with E-state index >= 15 is 0 Å². The molecule has 1 N–H and O–H groups in total. The van der Waals surface area contributed by atoms with Crippen molar-refractivity contribution in [2.45, 2.75) is 24.5 Å². The molecule has 2 saturated heterocycles. The van der Waals surface area contributed by atoms with Gasteiger partial charge in [0.05, 0.1) is 24.9 Å². The Morgan fingerprint density at radius 3 is 3.00 bits per heavy atom. The van der Waals surface area contributed by atoms with Crippen molar-refractivity contribution < 1.29 is 9.47 Å². The highest BCUT2D eigenvalue weighted by Gasteiger charge is 2.42. The van der Waals surface area contributed by atoms with Gasteiger partial charge in [-0.15, -0.1) is 0 Å². The molecule has 0 saturated carbocycles. The van der Waals surface area contributed by atoms with E-state index < -0.39 is 0 Å². The SMILES string of the molecule is COCC1NCCOC12CCSCC2. The van der Waals surface area contributed by atoms with E-state index in [0.29, 0.717) is 6.04 Å². The third-order valence-corrected chi connectivity index (χ3v) is 4.18. The molecule has 0 aromatic carbocycles. The first-order valence-electron chi connectivity index (χ1n) is 5.31. The predicted molar refractivity (Wildman–Crippen MR) is 58.9 cm³/mol. The summed E-state index contributed by atoms with van der Waals surface area (Å²) in [5.74, 6) is 2.45. The summed E-state index contributed by atoms with van der Waals surface area (Å²) in [4.78, 5) is 0. The Bertz CT molecular complexity index is 173. The molecular formula is C10H19NO2S. The third kappa shape index (κ3) is 2.08. The number of thioether (sulfide) groups is 1. The van der Waals surface area contributed by atoms with Gasteiger partial charge in [-0.25, -0.2) is 0 Å². The molecule has 1 atom stereocenters. The van der Waals surface area contributed by atoms with Crippen molar-refractivity contribution in [3.8, 4) is 0 Å². The lowest BCUT2D eigenvalue weighted by atomic mass is 9.87. The smallest absolute Gasteiger partial charge is 0.0873 e. The molecule has 2 heterocycles. The molecule has 2 aliphatic heterocycles. The van der Waals surface area contributed by atoms with Crippen molar-refractivity contribution in [2.75, 3.05) is 38.4 Å². The topological polar surface area (TPSA) is 30.5 Å². The van der Waals surface area contributed by atoms with Crippen LogP contribution in [0, 0.1) is 0 Å². The van der Waals surface area contributed by atoms with Gasteiger partial charge in [0, 0.05) is 13.7 Å². The standard InChI is InChI=1S/C10H19NO2S/c1-12-8-9-10(13-5-4-11-9)2-6-14-7-3-10/h9,11H,2-8H2,1H3. The van der Waals surface area contributed by atoms with Gasteiger partial charge in [0.1, 0.15) is 0 Å². The van der Waals surface area contributed by atoms with Crippen LogP contribution in [0.4, 0.5) is 0 Å². The second-order valence-corrected chi connectivity index (χ2v) is 5.21. The van der Waals surface area contributed by atoms with Gasteiger partial charge in [0.25, 0.3) is 0 Å². The highest BCUT2D eigenvalue weighted by atomic mass is 32.2. The van der Waals surface area contributed by atoms with E-state index in [0.717, 1.165) is 19.8 Å². The molecular weight excluding hydrogens is 198 g/mol. The summed E-state index contributed by atoms with van der Waals surface area (Å²) in [5.41, 5.74) is 0.0690. The van der Waals surface area contributed by atoms with E-state index in [1.54, 1.807) is 7.11 Å². The van der Waals surface area contributed by atoms with Crippen LogP contribution in [0.3, 0.4) is 0 Å². The fraction of sp³-hybridized carbons (Fsp3) is 1.00. The van der Waals surface area contributed by atoms with Crippen molar-refractivity contribution in [3.63, 3.8) is 0 Å². The first-order valence-corrected chi connectivity index (χ1v) is 6.47. The number of morpholine rings is 1. The minimum atomic E-state index is 0.0690. The molecule has 1 unspecified atom stereocenters. The van der Waals surface area contributed by atoms with Gasteiger partial charge in [0.15, 0.2) is 0 Å². The maximum Gasteiger partial charge on any atom is 0.0873 e. The maximum atomic E-state index is 6.02. The molecule has 14 heavy (non-hydrogen) atoms. The zero-order valence-electron chi connectivity index (χ0n) is 8.75. The van der Waals surface area contributed by atoms with Crippen LogP contribution in [0.15, 0.2) is 0 Å². The first kappa shape index (κ1) is 10.7. The molecule has 0 aromatic rings. The van der Waals surface area contributed by atoms with E-state index in [4.69, 9.17) is 9.47 Å². The van der Waals surface area contributed by atoms with Crippen molar-refractivity contribution >= 4 is 11.8 Å². The lowest BCUT2D eigenvalue weighted by molar-refractivity contribution is -0.115. The quantitative estimate of drug-likeness (QED) is 0.744. The fourth-order valence-corrected chi connectivity index (χ4v) is 3.55. The molecule has 2 fully saturated rings. The van der Waals surface area contributed by atoms with Crippen molar-refractivity contribution in [2.24, 2.45) is 0 Å². The summed E-state index contributed by atoms with van der Waals surface area (Å²) >= 11 is 2.03. The normalized spacial score (nSPS) is 31.9. The average Bonchev–Trinajstić information content (AvgIpc) is 2.23. The largest absolute Gasteiger partial charge is 0.383 e. The molecule has 4 heteroatoms. The first-order chi connectivity index (χ1) is 6.87. The minimum Gasteiger partial charge on any atom is -0.383 e. The second kappa shape index (κ2) is 4.84. The Labute approximate surface area is 89.9 Å². The van der Waals surface area contributed by atoms with E-state index in [1.165, 1.54) is 24.3 Å². The highest BCUT2D eigenvalue weighted by molar-refractivity contribution is 7.99. The number of nitrogens with one attached hydrogen (secondary N) is 1. The monoisotopic (exact) mass is 217 g/mol. The minimum absolute atomic E-state index is 0.0690. The van der Waals surface area contributed by atoms with Gasteiger partial charge in [0.2, 0.25) is 0 Å². The zero-order chi connectivity index (χ0) is 9.86. The van der Waals surface area contributed by atoms with Crippen LogP contribution >= 0.6 is 11.8 Å². The maximum absolute atomic E-state index is 6.02. The van der Waals surface area contributed by atoms with Gasteiger partial charge < -0.3 is 14.8 Å². The Balaban J connectivity index is 2.02. The summed E-state index contributed by atoms with van der Waals surface area (Å²) in [5, 5.41) is 3.52. The Kier molecular flexibility index (Phi) is 3.71. The highest BCUT2D eigenvalue weighted by Crippen LogP contribution is 2.34. The van der Waals surface area contributed by atoms with E-state index in [2.05, 4.69) is 5.32 Å². The van der Waals surface area contributed by atoms with Crippen molar-refractivity contribution in [1.82, 2.24) is 5.32 Å². The number of hydrogen-bond donors (Lipinski definition) is 1. The molecule has 3 nitrogen and oxygen atoms in total. The number of ether oxygens (including phenoxy) is 2. The van der Waals surface area contributed by atoms with Crippen LogP contribution in [-0.2, 0) is 9.47 Å². The van der Waals surface area contributed by atoms with Gasteiger partial charge in [-0.2, -0.15) is 11.8 Å². The summed E-state index contributed by atoms with van der Waals surface area (Å²) in [6, 6.07) is 0.391. The summed E-state index contributed by atoms with van der Waals surface area (Å²) in [7, 11) is 1.77. The van der Waals surface area contributed by atoms with Crippen LogP contribution in [0.1, 0.15) is 12.8 Å². The molecule has 82 valence electrons. The van der Waals surface area contributed by atoms with Gasteiger partial charge >= 0.3 is 0 Å². The zero-order valence-corrected chi connectivity index (χ0v) is 9.57. The molecule has 0 aromatic heterocycles. The molecule has 0 aliphatic carbocycles. The Morgan fingerprint density at radius 2 is 2.29 bits per heavy atom. The van der Waals surface area contributed by atoms with Gasteiger partial charge in [-0.1, -0.05) is 0 Å². The molecule has 0 bridgehead atoms. The number of methoxy groups -OCH3 is 1. The van der Waals surface area contributed by atoms with Crippen LogP contribution < -0.4 is 5.32 Å². The van der Waals surface area contributed by atoms with E-state index in [-0.39, 0.29) is 5.60 Å². The Hall–Kier alpha value is 0.230. The summed E-state index contributed by atoms with van der Waals surface area (Å²) in [6.07, 6.45) is 2.33. The third-order valence-electron chi connectivity index (χ3n) is 3.19. The van der Waals surface area contributed by atoms with E-state index in [1.807, 2.05) is 11.8 Å². The Morgan fingerprint density at radius 1 is 1.50 bits per heavy atom. The fourth-order valence-electron chi connectivity index (χ4n) is 2.36. The number of rotatable bonds is 2. The molecule has 1 spiro atoms. The molecule has 2 aliphatic rings. The number of hydrogen-bond acceptors (Lipinski definition) is 4. The van der Waals surface area contributed by atoms with Gasteiger partial charge in [-0.05, 0) is 24.3 Å². The molecule has 2 rings (SSSR count). The summed E-state index contributed by atoms with van der Waals surface area (Å²) in [6.45, 7) is 2.58. The van der Waals surface area contributed by atoms with Crippen LogP contribution in [0.25, 0.3) is 0 Å².